The van der Waals surface area contributed by atoms with Crippen LogP contribution in [-0.2, 0) is 50.0 Å². The molecule has 300 valence electrons. The van der Waals surface area contributed by atoms with Gasteiger partial charge >= 0.3 is 12.3 Å². The van der Waals surface area contributed by atoms with Gasteiger partial charge in [-0.05, 0) is 52.2 Å². The van der Waals surface area contributed by atoms with Gasteiger partial charge < -0.3 is 30.3 Å². The van der Waals surface area contributed by atoms with Gasteiger partial charge in [0.15, 0.2) is 0 Å². The van der Waals surface area contributed by atoms with E-state index in [1.54, 1.807) is 25.5 Å². The van der Waals surface area contributed by atoms with Gasteiger partial charge in [0.05, 0.1) is 36.7 Å². The van der Waals surface area contributed by atoms with Crippen molar-refractivity contribution < 1.29 is 45.8 Å². The third kappa shape index (κ3) is 11.1. The van der Waals surface area contributed by atoms with E-state index in [2.05, 4.69) is 15.5 Å². The normalized spacial score (nSPS) is 18.4. The second-order valence-corrected chi connectivity index (χ2v) is 18.1. The Labute approximate surface area is 318 Å². The van der Waals surface area contributed by atoms with Crippen molar-refractivity contribution in [2.24, 2.45) is 0 Å². The lowest BCUT2D eigenvalue weighted by Gasteiger charge is -2.37. The summed E-state index contributed by atoms with van der Waals surface area (Å²) in [5, 5.41) is 20.9. The van der Waals surface area contributed by atoms with Crippen LogP contribution in [0.15, 0.2) is 23.1 Å². The number of halogens is 3. The highest BCUT2D eigenvalue weighted by atomic mass is 32.2. The van der Waals surface area contributed by atoms with Crippen molar-refractivity contribution in [1.29, 1.82) is 0 Å². The molecule has 3 aliphatic heterocycles. The van der Waals surface area contributed by atoms with E-state index in [1.165, 1.54) is 16.4 Å². The molecule has 0 aliphatic carbocycles. The number of nitrogens with zero attached hydrogens (tertiary/aromatic N) is 5. The van der Waals surface area contributed by atoms with Crippen LogP contribution in [0, 0.1) is 0 Å². The van der Waals surface area contributed by atoms with Gasteiger partial charge in [-0.25, -0.2) is 13.2 Å². The van der Waals surface area contributed by atoms with E-state index in [-0.39, 0.29) is 55.3 Å². The first-order valence-corrected chi connectivity index (χ1v) is 20.9. The highest BCUT2D eigenvalue weighted by Gasteiger charge is 2.36. The maximum absolute atomic E-state index is 14.1. The van der Waals surface area contributed by atoms with Gasteiger partial charge in [0, 0.05) is 92.2 Å². The van der Waals surface area contributed by atoms with Gasteiger partial charge in [-0.15, -0.1) is 11.8 Å². The molecule has 1 unspecified atom stereocenters. The molecule has 2 saturated heterocycles. The zero-order valence-electron chi connectivity index (χ0n) is 31.1. The lowest BCUT2D eigenvalue weighted by Crippen LogP contribution is -2.47. The number of aromatic nitrogens is 2. The highest BCUT2D eigenvalue weighted by molar-refractivity contribution is 7.99. The molecule has 0 radical (unpaired) electrons. The van der Waals surface area contributed by atoms with E-state index < -0.39 is 45.5 Å². The van der Waals surface area contributed by atoms with E-state index in [0.717, 1.165) is 63.0 Å². The first-order chi connectivity index (χ1) is 25.3. The molecule has 1 atom stereocenters. The number of rotatable bonds is 13. The summed E-state index contributed by atoms with van der Waals surface area (Å²) in [5.74, 6) is -0.253. The van der Waals surface area contributed by atoms with Gasteiger partial charge in [-0.2, -0.15) is 22.6 Å². The van der Waals surface area contributed by atoms with Crippen LogP contribution in [0.5, 0.6) is 0 Å². The molecule has 1 aromatic heterocycles. The van der Waals surface area contributed by atoms with Crippen LogP contribution in [0.4, 0.5) is 18.0 Å². The summed E-state index contributed by atoms with van der Waals surface area (Å²) in [5.41, 5.74) is 0.354. The van der Waals surface area contributed by atoms with E-state index in [4.69, 9.17) is 9.84 Å². The maximum Gasteiger partial charge on any atom is 0.417 e. The summed E-state index contributed by atoms with van der Waals surface area (Å²) < 4.78 is 75.6. The second-order valence-electron chi connectivity index (χ2n) is 14.9. The minimum absolute atomic E-state index is 0.0142. The van der Waals surface area contributed by atoms with Crippen LogP contribution >= 0.6 is 11.8 Å². The van der Waals surface area contributed by atoms with Gasteiger partial charge in [0.1, 0.15) is 5.60 Å². The Morgan fingerprint density at radius 1 is 1.07 bits per heavy atom. The number of sulfonamides is 1. The highest BCUT2D eigenvalue weighted by Crippen LogP contribution is 2.40. The molecule has 0 saturated carbocycles. The van der Waals surface area contributed by atoms with Gasteiger partial charge in [-0.3, -0.25) is 14.3 Å². The molecule has 14 nitrogen and oxygen atoms in total. The molecule has 0 bridgehead atoms. The molecular weight excluding hydrogens is 752 g/mol. The zero-order chi connectivity index (χ0) is 39.4. The number of aliphatic hydroxyl groups is 1. The predicted octanol–water partition coefficient (Wildman–Crippen LogP) is 3.07. The third-order valence-electron chi connectivity index (χ3n) is 9.56. The SMILES string of the molecule is CC(C)(C)OC(=O)NCC(=O)NCCSc1cc(-c2nn(CC(O)CN3CCC(N4CCCC4=O)CC3)c3c2CN(S(C)(=O)=O)CC3)ccc1C(F)(F)F. The van der Waals surface area contributed by atoms with Crippen LogP contribution < -0.4 is 10.6 Å². The molecule has 0 spiro atoms. The number of thioether (sulfide) groups is 1. The number of carbonyl (C=O) groups is 3. The number of aliphatic hydroxyl groups excluding tert-OH is 1. The van der Waals surface area contributed by atoms with Crippen LogP contribution in [0.1, 0.15) is 63.3 Å². The van der Waals surface area contributed by atoms with Gasteiger partial charge in [-0.1, -0.05) is 6.07 Å². The molecule has 5 rings (SSSR count). The lowest BCUT2D eigenvalue weighted by molar-refractivity contribution is -0.139. The summed E-state index contributed by atoms with van der Waals surface area (Å²) in [6.45, 7) is 7.59. The van der Waals surface area contributed by atoms with E-state index >= 15 is 0 Å². The van der Waals surface area contributed by atoms with Crippen molar-refractivity contribution in [3.8, 4) is 11.3 Å². The summed E-state index contributed by atoms with van der Waals surface area (Å²) in [7, 11) is -3.59. The van der Waals surface area contributed by atoms with Crippen molar-refractivity contribution in [3.05, 3.63) is 35.0 Å². The number of fused-ring (bicyclic) bond motifs is 1. The second kappa shape index (κ2) is 17.2. The lowest BCUT2D eigenvalue weighted by atomic mass is 10.0. The van der Waals surface area contributed by atoms with Crippen LogP contribution in [-0.4, -0.2) is 131 Å². The Kier molecular flexibility index (Phi) is 13.3. The Balaban J connectivity index is 1.29. The Morgan fingerprint density at radius 3 is 2.43 bits per heavy atom. The fraction of sp³-hybridized carbons (Fsp3) is 0.657. The number of ether oxygens (including phenoxy) is 1. The molecule has 3 N–H and O–H groups in total. The number of amides is 3. The average Bonchev–Trinajstić information content (AvgIpc) is 3.67. The van der Waals surface area contributed by atoms with Crippen molar-refractivity contribution in [2.75, 3.05) is 57.8 Å². The van der Waals surface area contributed by atoms with Gasteiger partial charge in [0.25, 0.3) is 0 Å². The number of β-amino-alcohol motifs (C(OH)–C–C–N with tert-alkyl or cyclic N) is 1. The molecular formula is C35H50F3N7O7S2. The monoisotopic (exact) mass is 801 g/mol. The number of benzene rings is 1. The molecule has 2 fully saturated rings. The van der Waals surface area contributed by atoms with Crippen LogP contribution in [0.25, 0.3) is 11.3 Å². The number of hydrogen-bond acceptors (Lipinski definition) is 10. The first kappa shape index (κ1) is 41.8. The fourth-order valence-electron chi connectivity index (χ4n) is 7.06. The number of nitrogens with one attached hydrogen (secondary N) is 2. The van der Waals surface area contributed by atoms with Crippen molar-refractivity contribution in [2.45, 2.75) is 94.8 Å². The molecule has 54 heavy (non-hydrogen) atoms. The van der Waals surface area contributed by atoms with Gasteiger partial charge in [0.2, 0.25) is 21.8 Å². The number of carbonyl (C=O) groups excluding carboxylic acids is 3. The smallest absolute Gasteiger partial charge is 0.417 e. The molecule has 19 heteroatoms. The predicted molar refractivity (Wildman–Crippen MR) is 196 cm³/mol. The molecule has 2 aromatic rings. The largest absolute Gasteiger partial charge is 0.444 e. The molecule has 3 aliphatic rings. The third-order valence-corrected chi connectivity index (χ3v) is 11.9. The van der Waals surface area contributed by atoms with Crippen LogP contribution in [0.3, 0.4) is 0 Å². The number of piperidine rings is 1. The maximum atomic E-state index is 14.1. The van der Waals surface area contributed by atoms with Crippen molar-refractivity contribution in [1.82, 2.24) is 34.5 Å². The standard InChI is InChI=1S/C35H50F3N7O7S2/c1-34(2,3)52-33(49)40-19-30(47)39-12-17-53-29-18-23(7-8-27(29)35(36,37)38)32-26-22-43(54(4,50)51)16-11-28(26)45(41-32)21-25(46)20-42-14-9-24(10-15-42)44-13-5-6-31(44)48/h7-8,18,24-25,46H,5-6,9-17,19-22H2,1-4H3,(H,39,47)(H,40,49). The Hall–Kier alpha value is -3.39. The number of likely N-dealkylation sites (tertiary alicyclic amines) is 2. The minimum atomic E-state index is -4.67. The minimum Gasteiger partial charge on any atom is -0.444 e. The topological polar surface area (TPSA) is 166 Å². The van der Waals surface area contributed by atoms with Crippen molar-refractivity contribution >= 4 is 39.7 Å². The Morgan fingerprint density at radius 2 is 1.80 bits per heavy atom. The zero-order valence-corrected chi connectivity index (χ0v) is 32.7. The first-order valence-electron chi connectivity index (χ1n) is 18.1. The molecule has 1 aromatic carbocycles. The summed E-state index contributed by atoms with van der Waals surface area (Å²) >= 11 is 0.889. The quantitative estimate of drug-likeness (QED) is 0.203. The van der Waals surface area contributed by atoms with Crippen molar-refractivity contribution in [3.63, 3.8) is 0 Å². The summed E-state index contributed by atoms with van der Waals surface area (Å²) in [4.78, 5) is 40.3. The fourth-order valence-corrected chi connectivity index (χ4v) is 8.82. The Bertz CT molecular complexity index is 1790. The van der Waals surface area contributed by atoms with E-state index in [9.17, 15) is 41.1 Å². The number of alkyl halides is 3. The molecule has 3 amide bonds. The number of hydrogen-bond donors (Lipinski definition) is 3. The van der Waals surface area contributed by atoms with E-state index in [0.29, 0.717) is 41.9 Å². The molecule has 4 heterocycles. The van der Waals surface area contributed by atoms with Crippen LogP contribution in [0.2, 0.25) is 0 Å². The van der Waals surface area contributed by atoms with E-state index in [1.807, 2.05) is 4.90 Å². The average molecular weight is 802 g/mol. The summed E-state index contributed by atoms with van der Waals surface area (Å²) in [6, 6.07) is 3.87. The summed E-state index contributed by atoms with van der Waals surface area (Å²) in [6.07, 6.45) is -1.72. The number of alkyl carbamates (subject to hydrolysis) is 1.